The zero-order valence-electron chi connectivity index (χ0n) is 69.8. The molecule has 602 valence electrons. The molecule has 0 saturated heterocycles. The molecule has 4 aromatic heterocycles. The second-order valence-corrected chi connectivity index (χ2v) is 33.5. The molecular weight excluding hydrogens is 1350 g/mol. The minimum Gasteiger partial charge on any atom is -0.463 e. The first-order chi connectivity index (χ1) is 53.5. The zero-order valence-corrected chi connectivity index (χ0v) is 69.8. The normalized spacial score (nSPS) is 16.5. The first kappa shape index (κ1) is 86.4. The van der Waals surface area contributed by atoms with Crippen molar-refractivity contribution in [2.45, 2.75) is 370 Å². The van der Waals surface area contributed by atoms with Crippen LogP contribution in [0.15, 0.2) is 113 Å². The van der Waals surface area contributed by atoms with Crippen LogP contribution in [0, 0.1) is 23.7 Å². The number of furan rings is 4. The van der Waals surface area contributed by atoms with Crippen LogP contribution in [0.2, 0.25) is 0 Å². The highest BCUT2D eigenvalue weighted by molar-refractivity contribution is 6.31. The van der Waals surface area contributed by atoms with E-state index in [-0.39, 0.29) is 47.3 Å². The largest absolute Gasteiger partial charge is 0.463 e. The SMILES string of the molecule is CCCCCCCCC(CCCCCC)CN1C(=O)C2=C(c3ccc(C4=CC=C(c5ccc(C6=C7C(=O)N(CC(CCCCCC)CCCCCCCC)C(c8ccco8)=C7C(=O)N6CC(CCCCCC)CCCCCCCC)o5)C4)o3)N(CC(CCCCCC)CCCCCCCC)C(=O)C2=C1c1ccco1. The van der Waals surface area contributed by atoms with Crippen molar-refractivity contribution in [1.82, 2.24) is 19.6 Å². The molecule has 0 bridgehead atoms. The highest BCUT2D eigenvalue weighted by Crippen LogP contribution is 2.52. The molecule has 9 rings (SSSR count). The molecule has 0 N–H and O–H groups in total. The van der Waals surface area contributed by atoms with Gasteiger partial charge in [-0.15, -0.1) is 0 Å². The van der Waals surface area contributed by atoms with Gasteiger partial charge in [-0.05, 0) is 135 Å². The second kappa shape index (κ2) is 47.7. The van der Waals surface area contributed by atoms with Crippen molar-refractivity contribution >= 4 is 57.6 Å². The van der Waals surface area contributed by atoms with Crippen molar-refractivity contribution in [3.05, 3.63) is 130 Å². The molecule has 4 amide bonds. The van der Waals surface area contributed by atoms with Gasteiger partial charge in [-0.1, -0.05) is 324 Å². The fourth-order valence-corrected chi connectivity index (χ4v) is 18.1. The highest BCUT2D eigenvalue weighted by atomic mass is 16.4. The van der Waals surface area contributed by atoms with Crippen LogP contribution in [-0.2, 0) is 19.2 Å². The third-order valence-corrected chi connectivity index (χ3v) is 24.5. The number of allylic oxidation sites excluding steroid dienone is 4. The van der Waals surface area contributed by atoms with E-state index in [1.807, 2.05) is 68.1 Å². The Balaban J connectivity index is 1.06. The Kier molecular flexibility index (Phi) is 37.8. The third kappa shape index (κ3) is 24.5. The van der Waals surface area contributed by atoms with Crippen LogP contribution in [0.5, 0.6) is 0 Å². The van der Waals surface area contributed by atoms with Crippen molar-refractivity contribution in [3.63, 3.8) is 0 Å². The van der Waals surface area contributed by atoms with Gasteiger partial charge in [0.05, 0.1) is 34.8 Å². The Morgan fingerprint density at radius 2 is 0.477 bits per heavy atom. The minimum absolute atomic E-state index is 0.143. The Labute approximate surface area is 660 Å². The number of unbranched alkanes of at least 4 members (excludes halogenated alkanes) is 32. The summed E-state index contributed by atoms with van der Waals surface area (Å²) in [5, 5.41) is 0. The molecule has 5 aliphatic rings. The monoisotopic (exact) mass is 1500 g/mol. The summed E-state index contributed by atoms with van der Waals surface area (Å²) in [4.78, 5) is 71.6. The number of amides is 4. The van der Waals surface area contributed by atoms with E-state index in [0.29, 0.717) is 112 Å². The molecule has 4 aromatic rings. The summed E-state index contributed by atoms with van der Waals surface area (Å²) in [6.07, 6.45) is 63.9. The molecule has 0 aromatic carbocycles. The molecule has 4 aliphatic heterocycles. The van der Waals surface area contributed by atoms with Gasteiger partial charge in [-0.3, -0.25) is 19.2 Å². The highest BCUT2D eigenvalue weighted by Gasteiger charge is 2.53. The Morgan fingerprint density at radius 1 is 0.266 bits per heavy atom. The van der Waals surface area contributed by atoms with Gasteiger partial charge >= 0.3 is 0 Å². The van der Waals surface area contributed by atoms with E-state index < -0.39 is 0 Å². The van der Waals surface area contributed by atoms with E-state index in [1.54, 1.807) is 12.5 Å². The predicted molar refractivity (Wildman–Crippen MR) is 451 cm³/mol. The topological polar surface area (TPSA) is 134 Å². The molecule has 0 saturated carbocycles. The molecule has 12 nitrogen and oxygen atoms in total. The Morgan fingerprint density at radius 3 is 0.706 bits per heavy atom. The smallest absolute Gasteiger partial charge is 0.261 e. The summed E-state index contributed by atoms with van der Waals surface area (Å²) in [6, 6.07) is 15.6. The van der Waals surface area contributed by atoms with Crippen LogP contribution in [0.3, 0.4) is 0 Å². The van der Waals surface area contributed by atoms with Crippen LogP contribution >= 0.6 is 0 Å². The van der Waals surface area contributed by atoms with E-state index in [9.17, 15) is 0 Å². The molecule has 1 aliphatic carbocycles. The van der Waals surface area contributed by atoms with Gasteiger partial charge < -0.3 is 37.3 Å². The maximum atomic E-state index is 16.0. The first-order valence-electron chi connectivity index (χ1n) is 45.5. The summed E-state index contributed by atoms with van der Waals surface area (Å²) in [6.45, 7) is 20.2. The Hall–Kier alpha value is -6.56. The summed E-state index contributed by atoms with van der Waals surface area (Å²) < 4.78 is 26.9. The van der Waals surface area contributed by atoms with Crippen molar-refractivity contribution in [2.75, 3.05) is 26.2 Å². The average molecular weight is 1500 g/mol. The molecule has 12 heteroatoms. The third-order valence-electron chi connectivity index (χ3n) is 24.5. The molecular formula is C97H146N4O8. The number of carbonyl (C=O) groups is 4. The molecule has 8 heterocycles. The fraction of sp³-hybridized carbons (Fsp3) is 0.670. The number of rotatable bonds is 62. The standard InChI is InChI=1S/C97H146N4O8/c1-9-17-25-33-37-45-55-74(51-41-29-21-13-5)70-98-90(82-59-49-67-106-82)86-88(96(98)104)92(100(94(86)102)72-76(53-43-31-23-15-7)57-47-39-35-27-19-11-3)84-65-63-80(108-84)78-61-62-79(69-78)81-64-66-85(109-81)93-89-87(95(103)101(93)73-77(54-44-32-24-16-8)58-48-40-36-28-20-12-4)91(83-60-50-68-107-83)99(97(89)105)71-75(52-42-30-22-14-6)56-46-38-34-26-18-10-2/h49-50,59-68,74-77H,9-48,51-58,69-73H2,1-8H3. The molecule has 0 fully saturated rings. The molecule has 0 spiro atoms. The van der Waals surface area contributed by atoms with Crippen LogP contribution in [-0.4, -0.2) is 69.4 Å². The van der Waals surface area contributed by atoms with E-state index >= 15 is 19.2 Å². The maximum absolute atomic E-state index is 16.0. The van der Waals surface area contributed by atoms with Crippen molar-refractivity contribution in [2.24, 2.45) is 23.7 Å². The van der Waals surface area contributed by atoms with E-state index in [4.69, 9.17) is 17.7 Å². The summed E-state index contributed by atoms with van der Waals surface area (Å²) in [5.74, 6) is 3.94. The van der Waals surface area contributed by atoms with Gasteiger partial charge in [-0.2, -0.15) is 0 Å². The molecule has 109 heavy (non-hydrogen) atoms. The van der Waals surface area contributed by atoms with Gasteiger partial charge in [0.1, 0.15) is 34.3 Å². The van der Waals surface area contributed by atoms with Crippen molar-refractivity contribution < 1.29 is 36.8 Å². The molecule has 0 radical (unpaired) electrons. The van der Waals surface area contributed by atoms with Gasteiger partial charge in [0.2, 0.25) is 0 Å². The van der Waals surface area contributed by atoms with Gasteiger partial charge in [0.15, 0.2) is 23.0 Å². The maximum Gasteiger partial charge on any atom is 0.261 e. The Bertz CT molecular complexity index is 3330. The van der Waals surface area contributed by atoms with Crippen LogP contribution in [0.25, 0.3) is 33.9 Å². The lowest BCUT2D eigenvalue weighted by molar-refractivity contribution is -0.124. The number of fused-ring (bicyclic) bond motifs is 2. The quantitative estimate of drug-likeness (QED) is 0.0399. The number of hydrogen-bond acceptors (Lipinski definition) is 8. The average Bonchev–Trinajstić information content (AvgIpc) is 1.56. The predicted octanol–water partition coefficient (Wildman–Crippen LogP) is 27.9. The fourth-order valence-electron chi connectivity index (χ4n) is 18.1. The summed E-state index contributed by atoms with van der Waals surface area (Å²) in [5.41, 5.74) is 5.99. The van der Waals surface area contributed by atoms with Crippen molar-refractivity contribution in [3.8, 4) is 0 Å². The number of nitrogens with zero attached hydrogens (tertiary/aromatic N) is 4. The number of hydrogen-bond donors (Lipinski definition) is 0. The van der Waals surface area contributed by atoms with Crippen molar-refractivity contribution in [1.29, 1.82) is 0 Å². The summed E-state index contributed by atoms with van der Waals surface area (Å²) >= 11 is 0. The van der Waals surface area contributed by atoms with Crippen LogP contribution < -0.4 is 0 Å². The number of carbonyl (C=O) groups excluding carboxylic acids is 4. The second-order valence-electron chi connectivity index (χ2n) is 33.5. The lowest BCUT2D eigenvalue weighted by atomic mass is 9.93. The lowest BCUT2D eigenvalue weighted by Crippen LogP contribution is -2.34. The molecule has 4 unspecified atom stereocenters. The summed E-state index contributed by atoms with van der Waals surface area (Å²) in [7, 11) is 0. The van der Waals surface area contributed by atoms with Crippen LogP contribution in [0.1, 0.15) is 405 Å². The van der Waals surface area contributed by atoms with E-state index in [2.05, 4.69) is 67.5 Å². The van der Waals surface area contributed by atoms with E-state index in [1.165, 1.54) is 180 Å². The lowest BCUT2D eigenvalue weighted by Gasteiger charge is -2.29. The minimum atomic E-state index is -0.143. The van der Waals surface area contributed by atoms with Gasteiger partial charge in [0.25, 0.3) is 23.6 Å². The first-order valence-corrected chi connectivity index (χ1v) is 45.5. The van der Waals surface area contributed by atoms with E-state index in [0.717, 1.165) is 140 Å². The zero-order chi connectivity index (χ0) is 77.0. The molecule has 4 atom stereocenters. The van der Waals surface area contributed by atoms with Crippen LogP contribution in [0.4, 0.5) is 0 Å². The van der Waals surface area contributed by atoms with Gasteiger partial charge in [-0.25, -0.2) is 0 Å². The van der Waals surface area contributed by atoms with Gasteiger partial charge in [0, 0.05) is 32.6 Å².